The van der Waals surface area contributed by atoms with E-state index in [4.69, 9.17) is 11.6 Å². The summed E-state index contributed by atoms with van der Waals surface area (Å²) < 4.78 is 27.2. The number of hydrogen-bond donors (Lipinski definition) is 1. The van der Waals surface area contributed by atoms with Crippen LogP contribution >= 0.6 is 11.6 Å². The highest BCUT2D eigenvalue weighted by Gasteiger charge is 2.17. The van der Waals surface area contributed by atoms with Crippen molar-refractivity contribution in [1.29, 1.82) is 0 Å². The number of aromatic nitrogens is 2. The molecule has 96 valence electrons. The second-order valence-electron chi connectivity index (χ2n) is 3.49. The fraction of sp³-hybridized carbons (Fsp3) is 0.556. The zero-order valence-corrected chi connectivity index (χ0v) is 11.3. The van der Waals surface area contributed by atoms with Gasteiger partial charge in [-0.1, -0.05) is 13.3 Å². The largest absolute Gasteiger partial charge is 0.302 e. The van der Waals surface area contributed by atoms with E-state index in [1.807, 2.05) is 6.92 Å². The van der Waals surface area contributed by atoms with E-state index in [9.17, 15) is 8.42 Å². The fourth-order valence-corrected chi connectivity index (χ4v) is 2.15. The first kappa shape index (κ1) is 14.1. The minimum absolute atomic E-state index is 0.00131. The van der Waals surface area contributed by atoms with Crippen molar-refractivity contribution in [3.05, 3.63) is 17.5 Å². The summed E-state index contributed by atoms with van der Waals surface area (Å²) in [7, 11) is -2.05. The van der Waals surface area contributed by atoms with E-state index >= 15 is 0 Å². The lowest BCUT2D eigenvalue weighted by Gasteiger charge is -2.17. The molecule has 1 N–H and O–H groups in total. The summed E-state index contributed by atoms with van der Waals surface area (Å²) in [5.74, 6) is 0.161. The van der Waals surface area contributed by atoms with Crippen molar-refractivity contribution in [2.75, 3.05) is 18.3 Å². The van der Waals surface area contributed by atoms with Crippen molar-refractivity contribution in [3.63, 3.8) is 0 Å². The fourth-order valence-electron chi connectivity index (χ4n) is 1.10. The van der Waals surface area contributed by atoms with Gasteiger partial charge < -0.3 is 0 Å². The molecule has 1 aromatic rings. The van der Waals surface area contributed by atoms with Crippen molar-refractivity contribution in [3.8, 4) is 0 Å². The second kappa shape index (κ2) is 6.13. The molecule has 0 saturated carbocycles. The molecule has 0 amide bonds. The summed E-state index contributed by atoms with van der Waals surface area (Å²) >= 11 is 5.57. The van der Waals surface area contributed by atoms with Crippen LogP contribution in [0.15, 0.2) is 12.3 Å². The second-order valence-corrected chi connectivity index (χ2v) is 5.61. The topological polar surface area (TPSA) is 75.2 Å². The molecule has 0 aliphatic carbocycles. The van der Waals surface area contributed by atoms with Crippen LogP contribution in [0.3, 0.4) is 0 Å². The molecule has 0 aliphatic rings. The van der Waals surface area contributed by atoms with Crippen LogP contribution in [-0.2, 0) is 10.2 Å². The van der Waals surface area contributed by atoms with Gasteiger partial charge in [0.15, 0.2) is 0 Å². The van der Waals surface area contributed by atoms with Gasteiger partial charge in [0, 0.05) is 19.8 Å². The van der Waals surface area contributed by atoms with E-state index in [1.165, 1.54) is 23.6 Å². The lowest BCUT2D eigenvalue weighted by Crippen LogP contribution is -2.33. The zero-order chi connectivity index (χ0) is 12.9. The molecule has 1 rings (SSSR count). The Morgan fingerprint density at radius 1 is 1.53 bits per heavy atom. The Balaban J connectivity index is 2.72. The quantitative estimate of drug-likeness (QED) is 0.801. The molecule has 1 aromatic heterocycles. The predicted molar refractivity (Wildman–Crippen MR) is 67.1 cm³/mol. The highest BCUT2D eigenvalue weighted by molar-refractivity contribution is 7.90. The highest BCUT2D eigenvalue weighted by Crippen LogP contribution is 2.10. The molecule has 8 heteroatoms. The van der Waals surface area contributed by atoms with Crippen LogP contribution in [0.4, 0.5) is 5.82 Å². The molecule has 0 bridgehead atoms. The Bertz CT molecular complexity index is 466. The maximum Gasteiger partial charge on any atom is 0.302 e. The highest BCUT2D eigenvalue weighted by atomic mass is 35.5. The van der Waals surface area contributed by atoms with Gasteiger partial charge in [0.05, 0.1) is 0 Å². The van der Waals surface area contributed by atoms with Gasteiger partial charge >= 0.3 is 10.2 Å². The van der Waals surface area contributed by atoms with Gasteiger partial charge in [-0.05, 0) is 24.1 Å². The summed E-state index contributed by atoms with van der Waals surface area (Å²) in [6.45, 7) is 2.46. The van der Waals surface area contributed by atoms with Crippen LogP contribution in [-0.4, -0.2) is 36.3 Å². The van der Waals surface area contributed by atoms with Gasteiger partial charge in [0.25, 0.3) is 0 Å². The van der Waals surface area contributed by atoms with E-state index in [0.717, 1.165) is 12.8 Å². The van der Waals surface area contributed by atoms with Crippen LogP contribution in [0.5, 0.6) is 0 Å². The first-order valence-corrected chi connectivity index (χ1v) is 7.00. The molecule has 1 heterocycles. The minimum atomic E-state index is -3.57. The van der Waals surface area contributed by atoms with Crippen molar-refractivity contribution < 1.29 is 8.42 Å². The maximum absolute atomic E-state index is 11.8. The average molecular weight is 279 g/mol. The molecule has 0 spiro atoms. The molecule has 0 aliphatic heterocycles. The SMILES string of the molecule is CCCCN(C)S(=O)(=O)Nc1ccnc(Cl)n1. The molecular formula is C9H15ClN4O2S. The van der Waals surface area contributed by atoms with Crippen molar-refractivity contribution >= 4 is 27.6 Å². The summed E-state index contributed by atoms with van der Waals surface area (Å²) in [5.41, 5.74) is 0. The monoisotopic (exact) mass is 278 g/mol. The molecule has 0 unspecified atom stereocenters. The van der Waals surface area contributed by atoms with E-state index in [2.05, 4.69) is 14.7 Å². The number of rotatable bonds is 6. The number of nitrogens with one attached hydrogen (secondary N) is 1. The van der Waals surface area contributed by atoms with E-state index in [0.29, 0.717) is 6.54 Å². The molecule has 0 radical (unpaired) electrons. The lowest BCUT2D eigenvalue weighted by atomic mass is 10.3. The van der Waals surface area contributed by atoms with Gasteiger partial charge in [-0.15, -0.1) is 0 Å². The Morgan fingerprint density at radius 2 is 2.24 bits per heavy atom. The molecule has 0 atom stereocenters. The van der Waals surface area contributed by atoms with Gasteiger partial charge in [-0.3, -0.25) is 4.72 Å². The van der Waals surface area contributed by atoms with Gasteiger partial charge in [0.2, 0.25) is 5.28 Å². The van der Waals surface area contributed by atoms with Crippen LogP contribution < -0.4 is 4.72 Å². The van der Waals surface area contributed by atoms with Crippen molar-refractivity contribution in [2.45, 2.75) is 19.8 Å². The summed E-state index contributed by atoms with van der Waals surface area (Å²) in [4.78, 5) is 7.43. The van der Waals surface area contributed by atoms with Crippen molar-refractivity contribution in [1.82, 2.24) is 14.3 Å². The van der Waals surface area contributed by atoms with Crippen LogP contribution in [0.2, 0.25) is 5.28 Å². The van der Waals surface area contributed by atoms with Gasteiger partial charge in [-0.2, -0.15) is 17.7 Å². The first-order valence-electron chi connectivity index (χ1n) is 5.18. The Labute approximate surface area is 106 Å². The number of hydrogen-bond acceptors (Lipinski definition) is 4. The Morgan fingerprint density at radius 3 is 2.82 bits per heavy atom. The van der Waals surface area contributed by atoms with E-state index in [1.54, 1.807) is 0 Å². The number of halogens is 1. The minimum Gasteiger partial charge on any atom is -0.254 e. The normalized spacial score (nSPS) is 11.8. The summed E-state index contributed by atoms with van der Waals surface area (Å²) in [6, 6.07) is 1.44. The Hall–Kier alpha value is -0.920. The third-order valence-corrected chi connectivity index (χ3v) is 3.75. The third kappa shape index (κ3) is 4.45. The number of anilines is 1. The molecule has 0 saturated heterocycles. The molecule has 0 aromatic carbocycles. The lowest BCUT2D eigenvalue weighted by molar-refractivity contribution is 0.463. The number of unbranched alkanes of at least 4 members (excludes halogenated alkanes) is 1. The van der Waals surface area contributed by atoms with Crippen LogP contribution in [0.1, 0.15) is 19.8 Å². The first-order chi connectivity index (χ1) is 7.95. The number of nitrogens with zero attached hydrogens (tertiary/aromatic N) is 3. The van der Waals surface area contributed by atoms with E-state index < -0.39 is 10.2 Å². The predicted octanol–water partition coefficient (Wildman–Crippen LogP) is 1.52. The molecule has 0 fully saturated rings. The smallest absolute Gasteiger partial charge is 0.254 e. The third-order valence-electron chi connectivity index (χ3n) is 2.10. The average Bonchev–Trinajstić information content (AvgIpc) is 2.25. The van der Waals surface area contributed by atoms with Crippen LogP contribution in [0, 0.1) is 0 Å². The molecule has 17 heavy (non-hydrogen) atoms. The van der Waals surface area contributed by atoms with E-state index in [-0.39, 0.29) is 11.1 Å². The van der Waals surface area contributed by atoms with Crippen LogP contribution in [0.25, 0.3) is 0 Å². The van der Waals surface area contributed by atoms with Gasteiger partial charge in [0.1, 0.15) is 5.82 Å². The molecule has 6 nitrogen and oxygen atoms in total. The molecular weight excluding hydrogens is 264 g/mol. The van der Waals surface area contributed by atoms with Gasteiger partial charge in [-0.25, -0.2) is 4.98 Å². The zero-order valence-electron chi connectivity index (χ0n) is 9.72. The summed E-state index contributed by atoms with van der Waals surface area (Å²) in [5, 5.41) is 0.00131. The maximum atomic E-state index is 11.8. The Kier molecular flexibility index (Phi) is 5.10. The summed E-state index contributed by atoms with van der Waals surface area (Å²) in [6.07, 6.45) is 3.13. The standard InChI is InChI=1S/C9H15ClN4O2S/c1-3-4-7-14(2)17(15,16)13-8-5-6-11-9(10)12-8/h5-6H,3-4,7H2,1-2H3,(H,11,12,13). The van der Waals surface area contributed by atoms with Crippen molar-refractivity contribution in [2.24, 2.45) is 0 Å².